The van der Waals surface area contributed by atoms with Crippen LogP contribution in [0.5, 0.6) is 0 Å². The summed E-state index contributed by atoms with van der Waals surface area (Å²) in [5, 5.41) is 7.69. The Kier molecular flexibility index (Phi) is 8.62. The van der Waals surface area contributed by atoms with Crippen LogP contribution in [0.4, 0.5) is 0 Å². The second-order valence-corrected chi connectivity index (χ2v) is 12.9. The van der Waals surface area contributed by atoms with E-state index >= 15 is 0 Å². The molecule has 220 valence electrons. The van der Waals surface area contributed by atoms with Crippen molar-refractivity contribution in [2.24, 2.45) is 0 Å². The van der Waals surface area contributed by atoms with E-state index in [-0.39, 0.29) is 11.1 Å². The fraction of sp³-hybridized carbons (Fsp3) is 0.571. The van der Waals surface area contributed by atoms with Crippen LogP contribution in [-0.4, -0.2) is 68.2 Å². The number of hydrogen-bond donors (Lipinski definition) is 3. The highest BCUT2D eigenvalue weighted by molar-refractivity contribution is 6.23. The Hall–Kier alpha value is -3.80. The van der Waals surface area contributed by atoms with Crippen LogP contribution in [0, 0.1) is 0 Å². The molecule has 0 bridgehead atoms. The third-order valence-corrected chi connectivity index (χ3v) is 6.20. The zero-order chi connectivity index (χ0) is 31.1. The average Bonchev–Trinajstić information content (AvgIpc) is 3.06. The van der Waals surface area contributed by atoms with E-state index in [4.69, 9.17) is 9.78 Å². The van der Waals surface area contributed by atoms with Crippen LogP contribution in [0.3, 0.4) is 0 Å². The number of fused-ring (bicyclic) bond motifs is 1. The molecule has 40 heavy (non-hydrogen) atoms. The van der Waals surface area contributed by atoms with Gasteiger partial charge in [0.05, 0.1) is 11.1 Å². The summed E-state index contributed by atoms with van der Waals surface area (Å²) in [4.78, 5) is 88.6. The molecule has 0 atom stereocenters. The van der Waals surface area contributed by atoms with Gasteiger partial charge in [0.25, 0.3) is 11.8 Å². The van der Waals surface area contributed by atoms with Gasteiger partial charge in [-0.15, -0.1) is 0 Å². The second-order valence-electron chi connectivity index (χ2n) is 12.9. The van der Waals surface area contributed by atoms with E-state index in [0.29, 0.717) is 0 Å². The third kappa shape index (κ3) is 6.85. The molecule has 2 rings (SSSR count). The molecule has 0 saturated carbocycles. The smallest absolute Gasteiger partial charge is 0.340 e. The van der Waals surface area contributed by atoms with Crippen molar-refractivity contribution in [3.8, 4) is 0 Å². The van der Waals surface area contributed by atoms with E-state index in [1.54, 1.807) is 32.9 Å². The minimum Gasteiger partial charge on any atom is -0.340 e. The molecule has 1 heterocycles. The Bertz CT molecular complexity index is 1210. The van der Waals surface area contributed by atoms with Crippen LogP contribution in [0.15, 0.2) is 24.3 Å². The monoisotopic (exact) mass is 560 g/mol. The lowest BCUT2D eigenvalue weighted by Crippen LogP contribution is -2.67. The number of nitrogens with one attached hydrogen (secondary N) is 3. The molecule has 0 spiro atoms. The van der Waals surface area contributed by atoms with Gasteiger partial charge in [0.15, 0.2) is 0 Å². The lowest BCUT2D eigenvalue weighted by molar-refractivity contribution is -0.323. The fourth-order valence-corrected chi connectivity index (χ4v) is 3.55. The van der Waals surface area contributed by atoms with E-state index in [1.807, 2.05) is 0 Å². The van der Waals surface area contributed by atoms with E-state index in [1.165, 1.54) is 67.5 Å². The van der Waals surface area contributed by atoms with E-state index < -0.39 is 63.3 Å². The van der Waals surface area contributed by atoms with Crippen LogP contribution < -0.4 is 16.0 Å². The van der Waals surface area contributed by atoms with E-state index in [2.05, 4.69) is 16.0 Å². The molecule has 1 aromatic carbocycles. The van der Waals surface area contributed by atoms with Crippen molar-refractivity contribution in [3.05, 3.63) is 35.4 Å². The van der Waals surface area contributed by atoms with Gasteiger partial charge < -0.3 is 16.0 Å². The summed E-state index contributed by atoms with van der Waals surface area (Å²) < 4.78 is 0. The predicted molar refractivity (Wildman–Crippen MR) is 145 cm³/mol. The summed E-state index contributed by atoms with van der Waals surface area (Å²) in [6.45, 7) is 16.4. The highest BCUT2D eigenvalue weighted by Crippen LogP contribution is 2.30. The summed E-state index contributed by atoms with van der Waals surface area (Å²) >= 11 is 0. The SMILES string of the molecule is CC(C)(C)OOC(=O)C(C)(C)NC(=O)C(C)(C)NC(=O)C(C)(C)NC(=O)C(C)(C)N1C(=O)c2ccccc2C1=O. The molecule has 0 saturated heterocycles. The maximum absolute atomic E-state index is 13.3. The maximum atomic E-state index is 13.3. The summed E-state index contributed by atoms with van der Waals surface area (Å²) in [5.41, 5.74) is -6.61. The first-order valence-electron chi connectivity index (χ1n) is 12.8. The van der Waals surface area contributed by atoms with Crippen molar-refractivity contribution < 1.29 is 38.5 Å². The zero-order valence-electron chi connectivity index (χ0n) is 25.0. The highest BCUT2D eigenvalue weighted by atomic mass is 17.2. The Morgan fingerprint density at radius 1 is 0.625 bits per heavy atom. The number of carbonyl (C=O) groups excluding carboxylic acids is 6. The molecule has 1 aliphatic rings. The number of nitrogens with zero attached hydrogens (tertiary/aromatic N) is 1. The highest BCUT2D eigenvalue weighted by Gasteiger charge is 2.49. The van der Waals surface area contributed by atoms with Gasteiger partial charge in [-0.25, -0.2) is 4.79 Å². The summed E-state index contributed by atoms with van der Waals surface area (Å²) in [7, 11) is 0. The number of rotatable bonds is 9. The van der Waals surface area contributed by atoms with Crippen LogP contribution >= 0.6 is 0 Å². The largest absolute Gasteiger partial charge is 0.366 e. The standard InChI is InChI=1S/C28H40N4O8/c1-24(2,3)40-39-23(38)27(8,9)30-21(36)25(4,5)29-20(35)26(6,7)31-22(37)28(10,11)32-18(33)16-14-12-13-15-17(16)19(32)34/h12-15H,1-11H3,(H,29,35)(H,30,36)(H,31,37). The number of benzene rings is 1. The molecule has 1 aromatic rings. The van der Waals surface area contributed by atoms with Crippen molar-refractivity contribution in [1.82, 2.24) is 20.9 Å². The molecule has 12 heteroatoms. The van der Waals surface area contributed by atoms with Crippen molar-refractivity contribution >= 4 is 35.5 Å². The first kappa shape index (κ1) is 32.4. The van der Waals surface area contributed by atoms with Gasteiger partial charge in [-0.1, -0.05) is 12.1 Å². The minimum atomic E-state index is -1.64. The molecule has 3 N–H and O–H groups in total. The van der Waals surface area contributed by atoms with Gasteiger partial charge in [-0.3, -0.25) is 33.8 Å². The predicted octanol–water partition coefficient (Wildman–Crippen LogP) is 2.02. The number of carbonyl (C=O) groups is 6. The van der Waals surface area contributed by atoms with Crippen LogP contribution in [0.1, 0.15) is 96.9 Å². The molecule has 12 nitrogen and oxygen atoms in total. The lowest BCUT2D eigenvalue weighted by Gasteiger charge is -2.37. The van der Waals surface area contributed by atoms with Crippen LogP contribution in [0.25, 0.3) is 0 Å². The summed E-state index contributed by atoms with van der Waals surface area (Å²) in [6.07, 6.45) is 0. The molecule has 0 fully saturated rings. The van der Waals surface area contributed by atoms with Gasteiger partial charge in [-0.05, 0) is 88.3 Å². The first-order valence-corrected chi connectivity index (χ1v) is 12.8. The molecule has 1 aliphatic heterocycles. The van der Waals surface area contributed by atoms with E-state index in [0.717, 1.165) is 4.90 Å². The third-order valence-electron chi connectivity index (χ3n) is 6.20. The molecule has 0 aromatic heterocycles. The molecule has 0 radical (unpaired) electrons. The Labute approximate surface area is 234 Å². The van der Waals surface area contributed by atoms with Crippen LogP contribution in [0.2, 0.25) is 0 Å². The topological polar surface area (TPSA) is 160 Å². The number of imide groups is 1. The minimum absolute atomic E-state index is 0.190. The summed E-state index contributed by atoms with van der Waals surface area (Å²) in [5.74, 6) is -4.26. The molecule has 0 unspecified atom stereocenters. The van der Waals surface area contributed by atoms with E-state index in [9.17, 15) is 28.8 Å². The average molecular weight is 561 g/mol. The van der Waals surface area contributed by atoms with Crippen molar-refractivity contribution in [3.63, 3.8) is 0 Å². The maximum Gasteiger partial charge on any atom is 0.366 e. The molecular weight excluding hydrogens is 520 g/mol. The Morgan fingerprint density at radius 2 is 1.00 bits per heavy atom. The zero-order valence-corrected chi connectivity index (χ0v) is 25.0. The van der Waals surface area contributed by atoms with Gasteiger partial charge in [0, 0.05) is 0 Å². The van der Waals surface area contributed by atoms with Gasteiger partial charge >= 0.3 is 5.97 Å². The van der Waals surface area contributed by atoms with Crippen molar-refractivity contribution in [2.75, 3.05) is 0 Å². The van der Waals surface area contributed by atoms with Gasteiger partial charge in [-0.2, -0.15) is 4.89 Å². The lowest BCUT2D eigenvalue weighted by atomic mass is 9.95. The molecule has 5 amide bonds. The Balaban J connectivity index is 2.11. The van der Waals surface area contributed by atoms with Crippen molar-refractivity contribution in [2.45, 2.75) is 104 Å². The number of hydrogen-bond acceptors (Lipinski definition) is 8. The normalized spacial score (nSPS) is 14.4. The Morgan fingerprint density at radius 3 is 1.40 bits per heavy atom. The second kappa shape index (κ2) is 10.6. The van der Waals surface area contributed by atoms with Crippen molar-refractivity contribution in [1.29, 1.82) is 0 Å². The quantitative estimate of drug-likeness (QED) is 0.235. The molecular formula is C28H40N4O8. The van der Waals surface area contributed by atoms with Crippen LogP contribution in [-0.2, 0) is 29.0 Å². The van der Waals surface area contributed by atoms with Gasteiger partial charge in [0.2, 0.25) is 17.7 Å². The number of amides is 5. The molecule has 0 aliphatic carbocycles. The van der Waals surface area contributed by atoms with Gasteiger partial charge in [0.1, 0.15) is 27.8 Å². The summed E-state index contributed by atoms with van der Waals surface area (Å²) in [6, 6.07) is 6.25. The fourth-order valence-electron chi connectivity index (χ4n) is 3.55. The first-order chi connectivity index (χ1) is 17.9.